The summed E-state index contributed by atoms with van der Waals surface area (Å²) in [4.78, 5) is 14.3. The zero-order valence-corrected chi connectivity index (χ0v) is 15.8. The summed E-state index contributed by atoms with van der Waals surface area (Å²) in [6, 6.07) is 14.3. The van der Waals surface area contributed by atoms with Crippen LogP contribution in [0.1, 0.15) is 16.1 Å². The molecule has 1 amide bonds. The van der Waals surface area contributed by atoms with Gasteiger partial charge in [-0.2, -0.15) is 5.10 Å². The number of methoxy groups -OCH3 is 1. The van der Waals surface area contributed by atoms with Crippen LogP contribution in [0.15, 0.2) is 54.7 Å². The number of aromatic nitrogens is 2. The average molecular weight is 390 g/mol. The molecule has 0 fully saturated rings. The molecule has 7 heteroatoms. The monoisotopic (exact) mass is 389 g/mol. The maximum atomic E-state index is 12.7. The second-order valence-corrected chi connectivity index (χ2v) is 6.56. The standard InChI is InChI=1S/C19H17Cl2N3O2/c1-23(12-13-11-14(20)7-8-18(13)26-2)19(25)16-9-10-24(22-16)17-6-4-3-5-15(17)21/h3-11H,12H2,1-2H3. The van der Waals surface area contributed by atoms with Crippen molar-refractivity contribution in [3.05, 3.63) is 76.0 Å². The molecule has 0 saturated carbocycles. The van der Waals surface area contributed by atoms with Crippen molar-refractivity contribution in [1.29, 1.82) is 0 Å². The van der Waals surface area contributed by atoms with Gasteiger partial charge in [-0.15, -0.1) is 0 Å². The minimum atomic E-state index is -0.210. The molecule has 0 aliphatic heterocycles. The van der Waals surface area contributed by atoms with Crippen LogP contribution in [0, 0.1) is 0 Å². The smallest absolute Gasteiger partial charge is 0.274 e. The third-order valence-electron chi connectivity index (χ3n) is 3.90. The number of rotatable bonds is 5. The third-order valence-corrected chi connectivity index (χ3v) is 4.46. The van der Waals surface area contributed by atoms with Gasteiger partial charge in [-0.05, 0) is 36.4 Å². The highest BCUT2D eigenvalue weighted by Gasteiger charge is 2.17. The van der Waals surface area contributed by atoms with Crippen molar-refractivity contribution in [2.75, 3.05) is 14.2 Å². The first kappa shape index (κ1) is 18.3. The van der Waals surface area contributed by atoms with Gasteiger partial charge in [-0.3, -0.25) is 4.79 Å². The van der Waals surface area contributed by atoms with Gasteiger partial charge >= 0.3 is 0 Å². The summed E-state index contributed by atoms with van der Waals surface area (Å²) in [5.41, 5.74) is 1.86. The van der Waals surface area contributed by atoms with Crippen molar-refractivity contribution >= 4 is 29.1 Å². The summed E-state index contributed by atoms with van der Waals surface area (Å²) in [6.07, 6.45) is 1.71. The van der Waals surface area contributed by atoms with E-state index < -0.39 is 0 Å². The number of para-hydroxylation sites is 1. The first-order valence-corrected chi connectivity index (χ1v) is 8.63. The highest BCUT2D eigenvalue weighted by atomic mass is 35.5. The third kappa shape index (κ3) is 3.84. The largest absolute Gasteiger partial charge is 0.496 e. The molecule has 0 N–H and O–H groups in total. The van der Waals surface area contributed by atoms with Gasteiger partial charge in [0.2, 0.25) is 0 Å². The molecule has 3 rings (SSSR count). The van der Waals surface area contributed by atoms with E-state index in [4.69, 9.17) is 27.9 Å². The van der Waals surface area contributed by atoms with Crippen LogP contribution >= 0.6 is 23.2 Å². The molecule has 1 aromatic heterocycles. The number of hydrogen-bond donors (Lipinski definition) is 0. The van der Waals surface area contributed by atoms with Crippen LogP contribution in [-0.4, -0.2) is 34.7 Å². The van der Waals surface area contributed by atoms with E-state index in [1.807, 2.05) is 18.2 Å². The number of ether oxygens (including phenoxy) is 1. The average Bonchev–Trinajstić information content (AvgIpc) is 3.11. The number of benzene rings is 2. The number of halogens is 2. The van der Waals surface area contributed by atoms with Crippen molar-refractivity contribution in [3.8, 4) is 11.4 Å². The highest BCUT2D eigenvalue weighted by molar-refractivity contribution is 6.32. The molecule has 0 bridgehead atoms. The summed E-state index contributed by atoms with van der Waals surface area (Å²) in [7, 11) is 3.29. The molecule has 0 aliphatic carbocycles. The Kier molecular flexibility index (Phi) is 5.49. The van der Waals surface area contributed by atoms with Crippen molar-refractivity contribution < 1.29 is 9.53 Å². The van der Waals surface area contributed by atoms with E-state index in [0.29, 0.717) is 33.7 Å². The van der Waals surface area contributed by atoms with Crippen LogP contribution in [0.4, 0.5) is 0 Å². The zero-order valence-electron chi connectivity index (χ0n) is 14.3. The van der Waals surface area contributed by atoms with Gasteiger partial charge < -0.3 is 9.64 Å². The highest BCUT2D eigenvalue weighted by Crippen LogP contribution is 2.24. The Bertz CT molecular complexity index is 940. The summed E-state index contributed by atoms with van der Waals surface area (Å²) in [6.45, 7) is 0.349. The Morgan fingerprint density at radius 2 is 1.96 bits per heavy atom. The van der Waals surface area contributed by atoms with Gasteiger partial charge in [0.05, 0.1) is 17.8 Å². The summed E-state index contributed by atoms with van der Waals surface area (Å²) in [5.74, 6) is 0.466. The summed E-state index contributed by atoms with van der Waals surface area (Å²) >= 11 is 12.2. The van der Waals surface area contributed by atoms with Crippen molar-refractivity contribution in [2.24, 2.45) is 0 Å². The molecular weight excluding hydrogens is 373 g/mol. The van der Waals surface area contributed by atoms with Crippen LogP contribution in [0.5, 0.6) is 5.75 Å². The molecule has 1 heterocycles. The molecule has 0 saturated heterocycles. The Labute approximate surface area is 161 Å². The lowest BCUT2D eigenvalue weighted by Gasteiger charge is -2.18. The first-order chi connectivity index (χ1) is 12.5. The minimum Gasteiger partial charge on any atom is -0.496 e. The van der Waals surface area contributed by atoms with Gasteiger partial charge in [0.15, 0.2) is 5.69 Å². The van der Waals surface area contributed by atoms with Crippen LogP contribution in [0.3, 0.4) is 0 Å². The number of carbonyl (C=O) groups excluding carboxylic acids is 1. The van der Waals surface area contributed by atoms with E-state index in [2.05, 4.69) is 5.10 Å². The van der Waals surface area contributed by atoms with E-state index in [1.54, 1.807) is 60.3 Å². The van der Waals surface area contributed by atoms with E-state index in [1.165, 1.54) is 0 Å². The van der Waals surface area contributed by atoms with E-state index in [-0.39, 0.29) is 5.91 Å². The van der Waals surface area contributed by atoms with E-state index in [9.17, 15) is 4.79 Å². The van der Waals surface area contributed by atoms with E-state index in [0.717, 1.165) is 5.56 Å². The molecule has 0 unspecified atom stereocenters. The van der Waals surface area contributed by atoms with Crippen molar-refractivity contribution in [3.63, 3.8) is 0 Å². The van der Waals surface area contributed by atoms with E-state index >= 15 is 0 Å². The maximum absolute atomic E-state index is 12.7. The summed E-state index contributed by atoms with van der Waals surface area (Å²) in [5, 5.41) is 5.50. The van der Waals surface area contributed by atoms with Crippen LogP contribution in [-0.2, 0) is 6.54 Å². The quantitative estimate of drug-likeness (QED) is 0.646. The molecule has 0 spiro atoms. The SMILES string of the molecule is COc1ccc(Cl)cc1CN(C)C(=O)c1ccn(-c2ccccc2Cl)n1. The number of hydrogen-bond acceptors (Lipinski definition) is 3. The van der Waals surface area contributed by atoms with Crippen LogP contribution in [0.2, 0.25) is 10.0 Å². The topological polar surface area (TPSA) is 47.4 Å². The number of nitrogens with zero attached hydrogens (tertiary/aromatic N) is 3. The predicted molar refractivity (Wildman–Crippen MR) is 102 cm³/mol. The molecule has 26 heavy (non-hydrogen) atoms. The lowest BCUT2D eigenvalue weighted by molar-refractivity contribution is 0.0778. The van der Waals surface area contributed by atoms with Gasteiger partial charge in [0, 0.05) is 30.4 Å². The number of amides is 1. The predicted octanol–water partition coefficient (Wildman–Crippen LogP) is 4.46. The molecule has 0 aliphatic rings. The fraction of sp³-hybridized carbons (Fsp3) is 0.158. The Hall–Kier alpha value is -2.50. The van der Waals surface area contributed by atoms with Gasteiger partial charge in [-0.25, -0.2) is 4.68 Å². The van der Waals surface area contributed by atoms with Crippen LogP contribution < -0.4 is 4.74 Å². The summed E-state index contributed by atoms with van der Waals surface area (Å²) < 4.78 is 6.92. The molecule has 3 aromatic rings. The Morgan fingerprint density at radius 1 is 1.19 bits per heavy atom. The lowest BCUT2D eigenvalue weighted by Crippen LogP contribution is -2.27. The van der Waals surface area contributed by atoms with Crippen molar-refractivity contribution in [2.45, 2.75) is 6.54 Å². The normalized spacial score (nSPS) is 10.6. The van der Waals surface area contributed by atoms with Crippen LogP contribution in [0.25, 0.3) is 5.69 Å². The fourth-order valence-electron chi connectivity index (χ4n) is 2.60. The second kappa shape index (κ2) is 7.81. The Balaban J connectivity index is 1.80. The lowest BCUT2D eigenvalue weighted by atomic mass is 10.2. The molecule has 2 aromatic carbocycles. The minimum absolute atomic E-state index is 0.210. The van der Waals surface area contributed by atoms with Gasteiger partial charge in [-0.1, -0.05) is 35.3 Å². The zero-order chi connectivity index (χ0) is 18.7. The first-order valence-electron chi connectivity index (χ1n) is 7.88. The fourth-order valence-corrected chi connectivity index (χ4v) is 3.02. The van der Waals surface area contributed by atoms with Gasteiger partial charge in [0.1, 0.15) is 5.75 Å². The molecule has 134 valence electrons. The Morgan fingerprint density at radius 3 is 2.69 bits per heavy atom. The molecule has 5 nitrogen and oxygen atoms in total. The molecular formula is C19H17Cl2N3O2. The second-order valence-electron chi connectivity index (χ2n) is 5.71. The van der Waals surface area contributed by atoms with Crippen molar-refractivity contribution in [1.82, 2.24) is 14.7 Å². The van der Waals surface area contributed by atoms with Gasteiger partial charge in [0.25, 0.3) is 5.91 Å². The maximum Gasteiger partial charge on any atom is 0.274 e. The molecule has 0 radical (unpaired) electrons. The number of carbonyl (C=O) groups is 1. The molecule has 0 atom stereocenters.